The number of likely N-dealkylation sites (tertiary alicyclic amines) is 1. The van der Waals surface area contributed by atoms with Crippen LogP contribution in [0.1, 0.15) is 55.7 Å². The molecule has 1 amide bonds. The molecule has 2 aliphatic rings. The highest BCUT2D eigenvalue weighted by Crippen LogP contribution is 2.43. The van der Waals surface area contributed by atoms with E-state index < -0.39 is 0 Å². The number of rotatable bonds is 6. The van der Waals surface area contributed by atoms with E-state index in [0.717, 1.165) is 29.3 Å². The number of amides is 1. The summed E-state index contributed by atoms with van der Waals surface area (Å²) in [5.74, 6) is 0.102. The topological polar surface area (TPSA) is 49.8 Å². The van der Waals surface area contributed by atoms with Gasteiger partial charge >= 0.3 is 6.09 Å². The molecule has 0 bridgehead atoms. The molecule has 1 aliphatic carbocycles. The van der Waals surface area contributed by atoms with Crippen molar-refractivity contribution in [2.24, 2.45) is 0 Å². The molecule has 2 aromatic rings. The number of nitrogens with zero attached hydrogens (tertiary/aromatic N) is 1. The summed E-state index contributed by atoms with van der Waals surface area (Å²) >= 11 is 3.48. The minimum Gasteiger partial charge on any atom is -0.448 e. The van der Waals surface area contributed by atoms with Gasteiger partial charge in [0.15, 0.2) is 0 Å². The highest BCUT2D eigenvalue weighted by Gasteiger charge is 2.38. The average molecular weight is 510 g/mol. The number of aliphatic hydroxyl groups is 1. The number of fused-ring (bicyclic) bond motifs is 1. The average Bonchev–Trinajstić information content (AvgIpc) is 3.12. The summed E-state index contributed by atoms with van der Waals surface area (Å²) in [5.41, 5.74) is 5.95. The van der Waals surface area contributed by atoms with Gasteiger partial charge in [0, 0.05) is 28.9 Å². The van der Waals surface area contributed by atoms with Crippen molar-refractivity contribution in [1.29, 1.82) is 0 Å². The van der Waals surface area contributed by atoms with Crippen molar-refractivity contribution >= 4 is 27.6 Å². The van der Waals surface area contributed by atoms with Gasteiger partial charge in [0.1, 0.15) is 6.61 Å². The third-order valence-corrected chi connectivity index (χ3v) is 7.86. The summed E-state index contributed by atoms with van der Waals surface area (Å²) in [6, 6.07) is 16.6. The van der Waals surface area contributed by atoms with Crippen molar-refractivity contribution in [2.45, 2.75) is 44.4 Å². The maximum atomic E-state index is 13.0. The third-order valence-electron chi connectivity index (χ3n) is 7.33. The number of piperidine rings is 1. The molecular formula is C28H32BrNO3. The number of carbonyl (C=O) groups excluding carboxylic acids is 1. The lowest BCUT2D eigenvalue weighted by molar-refractivity contribution is 0.0659. The van der Waals surface area contributed by atoms with E-state index in [-0.39, 0.29) is 24.0 Å². The fourth-order valence-electron chi connectivity index (χ4n) is 5.20. The quantitative estimate of drug-likeness (QED) is 0.455. The van der Waals surface area contributed by atoms with E-state index in [2.05, 4.69) is 71.4 Å². The Labute approximate surface area is 205 Å². The monoisotopic (exact) mass is 509 g/mol. The molecule has 1 atom stereocenters. The molecule has 0 spiro atoms. The minimum absolute atomic E-state index is 0.0781. The van der Waals surface area contributed by atoms with Gasteiger partial charge in [0.2, 0.25) is 0 Å². The van der Waals surface area contributed by atoms with Crippen LogP contribution in [0, 0.1) is 0 Å². The van der Waals surface area contributed by atoms with Gasteiger partial charge in [-0.25, -0.2) is 4.79 Å². The van der Waals surface area contributed by atoms with Gasteiger partial charge in [-0.05, 0) is 67.5 Å². The molecule has 1 fully saturated rings. The zero-order valence-corrected chi connectivity index (χ0v) is 21.0. The summed E-state index contributed by atoms with van der Waals surface area (Å²) in [6.45, 7) is 5.79. The smallest absolute Gasteiger partial charge is 0.409 e. The molecule has 2 aromatic carbocycles. The van der Waals surface area contributed by atoms with Crippen LogP contribution in [0.5, 0.6) is 0 Å². The van der Waals surface area contributed by atoms with Gasteiger partial charge in [-0.15, -0.1) is 0 Å². The van der Waals surface area contributed by atoms with Crippen molar-refractivity contribution < 1.29 is 14.6 Å². The number of halogens is 1. The third kappa shape index (κ3) is 4.80. The molecule has 0 radical (unpaired) electrons. The first-order valence-electron chi connectivity index (χ1n) is 11.7. The number of aliphatic hydroxyl groups excluding tert-OH is 1. The summed E-state index contributed by atoms with van der Waals surface area (Å²) < 4.78 is 6.88. The Morgan fingerprint density at radius 1 is 1.18 bits per heavy atom. The Morgan fingerprint density at radius 3 is 2.55 bits per heavy atom. The van der Waals surface area contributed by atoms with E-state index in [1.54, 1.807) is 4.90 Å². The summed E-state index contributed by atoms with van der Waals surface area (Å²) in [4.78, 5) is 14.7. The van der Waals surface area contributed by atoms with Crippen LogP contribution in [0.2, 0.25) is 0 Å². The first-order chi connectivity index (χ1) is 16.0. The lowest BCUT2D eigenvalue weighted by atomic mass is 9.73. The second-order valence-corrected chi connectivity index (χ2v) is 9.99. The molecule has 1 saturated heterocycles. The Bertz CT molecular complexity index is 1050. The maximum absolute atomic E-state index is 13.0. The van der Waals surface area contributed by atoms with Gasteiger partial charge in [-0.2, -0.15) is 0 Å². The van der Waals surface area contributed by atoms with E-state index in [1.165, 1.54) is 22.3 Å². The van der Waals surface area contributed by atoms with Crippen LogP contribution in [0.15, 0.2) is 70.7 Å². The predicted octanol–water partition coefficient (Wildman–Crippen LogP) is 6.45. The molecule has 4 nitrogen and oxygen atoms in total. The molecule has 174 valence electrons. The Kier molecular flexibility index (Phi) is 7.40. The molecule has 4 rings (SSSR count). The zero-order valence-electron chi connectivity index (χ0n) is 19.4. The molecule has 0 saturated carbocycles. The van der Waals surface area contributed by atoms with Gasteiger partial charge < -0.3 is 14.7 Å². The highest BCUT2D eigenvalue weighted by atomic mass is 79.9. The number of allylic oxidation sites excluding steroid dienone is 3. The van der Waals surface area contributed by atoms with Crippen molar-refractivity contribution in [3.63, 3.8) is 0 Å². The molecule has 1 aliphatic heterocycles. The lowest BCUT2D eigenvalue weighted by Gasteiger charge is -2.40. The normalized spacial score (nSPS) is 19.8. The number of hydrogen-bond acceptors (Lipinski definition) is 3. The molecule has 5 heteroatoms. The van der Waals surface area contributed by atoms with Crippen LogP contribution in [0.4, 0.5) is 4.79 Å². The van der Waals surface area contributed by atoms with E-state index in [0.29, 0.717) is 19.7 Å². The predicted molar refractivity (Wildman–Crippen MR) is 136 cm³/mol. The zero-order chi connectivity index (χ0) is 23.4. The maximum Gasteiger partial charge on any atom is 0.409 e. The summed E-state index contributed by atoms with van der Waals surface area (Å²) in [5, 5.41) is 10.2. The van der Waals surface area contributed by atoms with E-state index in [4.69, 9.17) is 4.74 Å². The standard InChI is InChI=1S/C28H32BrNO3/c1-3-4-7-24-20(2)23-8-5-6-9-25(23)26(24)18-33-27(32)30-16-14-28(19-31,15-17-30)21-10-12-22(29)13-11-21/h3-6,8-13,26,31H,7,14-19H2,1-2H3/b4-3-. The summed E-state index contributed by atoms with van der Waals surface area (Å²) in [6.07, 6.45) is 6.29. The van der Waals surface area contributed by atoms with Gasteiger partial charge in [0.05, 0.1) is 6.61 Å². The Morgan fingerprint density at radius 2 is 1.88 bits per heavy atom. The number of carbonyl (C=O) groups is 1. The fourth-order valence-corrected chi connectivity index (χ4v) is 5.46. The van der Waals surface area contributed by atoms with Crippen LogP contribution in [0.25, 0.3) is 5.57 Å². The van der Waals surface area contributed by atoms with Gasteiger partial charge in [0.25, 0.3) is 0 Å². The largest absolute Gasteiger partial charge is 0.448 e. The van der Waals surface area contributed by atoms with E-state index in [9.17, 15) is 9.90 Å². The van der Waals surface area contributed by atoms with Gasteiger partial charge in [-0.3, -0.25) is 0 Å². The fraction of sp³-hybridized carbons (Fsp3) is 0.393. The number of hydrogen-bond donors (Lipinski definition) is 1. The van der Waals surface area contributed by atoms with Crippen LogP contribution < -0.4 is 0 Å². The van der Waals surface area contributed by atoms with Crippen molar-refractivity contribution in [3.05, 3.63) is 87.4 Å². The van der Waals surface area contributed by atoms with Crippen molar-refractivity contribution in [1.82, 2.24) is 4.90 Å². The highest BCUT2D eigenvalue weighted by molar-refractivity contribution is 9.10. The molecule has 1 N–H and O–H groups in total. The van der Waals surface area contributed by atoms with Crippen LogP contribution in [-0.4, -0.2) is 42.4 Å². The first-order valence-corrected chi connectivity index (χ1v) is 12.5. The van der Waals surface area contributed by atoms with E-state index in [1.807, 2.05) is 19.1 Å². The number of benzene rings is 2. The lowest BCUT2D eigenvalue weighted by Crippen LogP contribution is -2.47. The molecule has 0 aromatic heterocycles. The van der Waals surface area contributed by atoms with Crippen molar-refractivity contribution in [3.8, 4) is 0 Å². The van der Waals surface area contributed by atoms with E-state index >= 15 is 0 Å². The Hall–Kier alpha value is -2.37. The van der Waals surface area contributed by atoms with Crippen LogP contribution in [0.3, 0.4) is 0 Å². The molecular weight excluding hydrogens is 478 g/mol. The summed E-state index contributed by atoms with van der Waals surface area (Å²) in [7, 11) is 0. The first kappa shape index (κ1) is 23.8. The van der Waals surface area contributed by atoms with Crippen LogP contribution in [-0.2, 0) is 10.2 Å². The minimum atomic E-state index is -0.304. The van der Waals surface area contributed by atoms with Gasteiger partial charge in [-0.1, -0.05) is 70.1 Å². The molecule has 1 unspecified atom stereocenters. The van der Waals surface area contributed by atoms with Crippen LogP contribution >= 0.6 is 15.9 Å². The SMILES string of the molecule is C/C=C\CC1=C(C)c2ccccc2C1COC(=O)N1CCC(CO)(c2ccc(Br)cc2)CC1. The number of ether oxygens (including phenoxy) is 1. The van der Waals surface area contributed by atoms with Crippen molar-refractivity contribution in [2.75, 3.05) is 26.3 Å². The second-order valence-electron chi connectivity index (χ2n) is 9.07. The Balaban J connectivity index is 1.41. The molecule has 33 heavy (non-hydrogen) atoms. The molecule has 1 heterocycles. The second kappa shape index (κ2) is 10.3.